The van der Waals surface area contributed by atoms with Gasteiger partial charge in [0.05, 0.1) is 21.5 Å². The molecule has 25 heavy (non-hydrogen) atoms. The highest BCUT2D eigenvalue weighted by Gasteiger charge is 2.69. The Morgan fingerprint density at radius 2 is 1.52 bits per heavy atom. The number of fused-ring (bicyclic) bond motifs is 5. The highest BCUT2D eigenvalue weighted by Crippen LogP contribution is 2.72. The monoisotopic (exact) mass is 346 g/mol. The number of nitro benzene ring substituents is 2. The van der Waals surface area contributed by atoms with Crippen LogP contribution in [0.15, 0.2) is 18.2 Å². The molecule has 8 nitrogen and oxygen atoms in total. The van der Waals surface area contributed by atoms with Crippen molar-refractivity contribution in [2.24, 2.45) is 35.5 Å². The number of carbonyl (C=O) groups excluding carboxylic acids is 1. The molecule has 8 heteroatoms. The first-order valence-corrected chi connectivity index (χ1v) is 8.35. The molecule has 0 heterocycles. The molecule has 6 unspecified atom stereocenters. The van der Waals surface area contributed by atoms with Crippen molar-refractivity contribution in [3.05, 3.63) is 44.0 Å². The third-order valence-electron chi connectivity index (χ3n) is 6.04. The number of nitrogens with zero attached hydrogens (tertiary/aromatic N) is 2. The van der Waals surface area contributed by atoms with Crippen molar-refractivity contribution in [1.82, 2.24) is 0 Å². The van der Waals surface area contributed by atoms with E-state index in [1.165, 1.54) is 0 Å². The minimum absolute atomic E-state index is 0.0902. The Hall–Kier alpha value is -2.51. The predicted molar refractivity (Wildman–Crippen MR) is 83.7 cm³/mol. The fourth-order valence-electron chi connectivity index (χ4n) is 4.64. The molecule has 0 N–H and O–H groups in total. The topological polar surface area (TPSA) is 113 Å². The number of ether oxygens (including phenoxy) is 1. The highest BCUT2D eigenvalue weighted by molar-refractivity contribution is 5.91. The Kier molecular flexibility index (Phi) is 2.44. The Morgan fingerprint density at radius 3 is 2.16 bits per heavy atom. The Morgan fingerprint density at radius 1 is 0.960 bits per heavy atom. The maximum Gasteiger partial charge on any atom is 0.338 e. The van der Waals surface area contributed by atoms with Gasteiger partial charge >= 0.3 is 5.97 Å². The summed E-state index contributed by atoms with van der Waals surface area (Å²) in [6.07, 6.45) is 0.0493. The van der Waals surface area contributed by atoms with E-state index in [9.17, 15) is 25.0 Å². The van der Waals surface area contributed by atoms with Gasteiger partial charge in [0, 0.05) is 14.9 Å². The number of esters is 1. The van der Waals surface area contributed by atoms with Gasteiger partial charge in [0.15, 0.2) is 0 Å². The molecule has 0 bridgehead atoms. The fourth-order valence-corrected chi connectivity index (χ4v) is 4.64. The first-order valence-electron chi connectivity index (χ1n) is 9.35. The van der Waals surface area contributed by atoms with E-state index in [-0.39, 0.29) is 23.3 Å². The summed E-state index contributed by atoms with van der Waals surface area (Å²) in [5, 5.41) is 22.0. The molecule has 130 valence electrons. The molecule has 7 atom stereocenters. The summed E-state index contributed by atoms with van der Waals surface area (Å²) in [6, 6.07) is 2.72. The first-order chi connectivity index (χ1) is 12.7. The van der Waals surface area contributed by atoms with Crippen LogP contribution in [0.1, 0.15) is 32.3 Å². The van der Waals surface area contributed by atoms with Crippen LogP contribution in [0.4, 0.5) is 11.4 Å². The van der Waals surface area contributed by atoms with Crippen molar-refractivity contribution in [1.29, 1.82) is 0 Å². The van der Waals surface area contributed by atoms with Gasteiger partial charge in [-0.1, -0.05) is 0 Å². The smallest absolute Gasteiger partial charge is 0.338 e. The molecule has 4 saturated carbocycles. The highest BCUT2D eigenvalue weighted by atomic mass is 16.6. The molecule has 1 aromatic carbocycles. The summed E-state index contributed by atoms with van der Waals surface area (Å²) >= 11 is 0. The predicted octanol–water partition coefficient (Wildman–Crippen LogP) is 2.95. The molecule has 5 rings (SSSR count). The largest absolute Gasteiger partial charge is 0.458 e. The number of hydrogen-bond donors (Lipinski definition) is 0. The second kappa shape index (κ2) is 4.77. The van der Waals surface area contributed by atoms with E-state index in [4.69, 9.17) is 7.48 Å². The molecular formula is C17H16N2O6. The van der Waals surface area contributed by atoms with Crippen molar-refractivity contribution < 1.29 is 22.1 Å². The number of nitro groups is 2. The van der Waals surface area contributed by atoms with Gasteiger partial charge in [-0.25, -0.2) is 4.79 Å². The van der Waals surface area contributed by atoms with Crippen LogP contribution in [-0.2, 0) is 4.74 Å². The summed E-state index contributed by atoms with van der Waals surface area (Å²) in [5.74, 6) is 0.205. The zero-order valence-electron chi connectivity index (χ0n) is 15.0. The van der Waals surface area contributed by atoms with E-state index in [1.807, 2.05) is 0 Å². The van der Waals surface area contributed by atoms with Crippen molar-refractivity contribution in [2.75, 3.05) is 0 Å². The number of benzene rings is 1. The van der Waals surface area contributed by atoms with Gasteiger partial charge in [0.2, 0.25) is 0 Å². The summed E-state index contributed by atoms with van der Waals surface area (Å²) in [7, 11) is 0. The lowest BCUT2D eigenvalue weighted by Crippen LogP contribution is -2.24. The minimum atomic E-state index is -1.35. The van der Waals surface area contributed by atoms with Gasteiger partial charge in [0.1, 0.15) is 6.10 Å². The van der Waals surface area contributed by atoms with E-state index in [1.54, 1.807) is 0 Å². The van der Waals surface area contributed by atoms with Crippen LogP contribution in [0.25, 0.3) is 0 Å². The van der Waals surface area contributed by atoms with Crippen LogP contribution in [0, 0.1) is 55.7 Å². The normalized spacial score (nSPS) is 42.3. The van der Waals surface area contributed by atoms with Crippen LogP contribution < -0.4 is 0 Å². The van der Waals surface area contributed by atoms with E-state index in [0.29, 0.717) is 17.8 Å². The Labute approximate surface area is 145 Å². The molecule has 0 spiro atoms. The molecular weight excluding hydrogens is 328 g/mol. The van der Waals surface area contributed by atoms with Crippen LogP contribution in [0.5, 0.6) is 0 Å². The van der Waals surface area contributed by atoms with Crippen molar-refractivity contribution in [3.8, 4) is 0 Å². The van der Waals surface area contributed by atoms with Crippen LogP contribution >= 0.6 is 0 Å². The number of rotatable bonds is 4. The van der Waals surface area contributed by atoms with E-state index in [0.717, 1.165) is 31.0 Å². The number of non-ortho nitro benzene ring substituents is 2. The standard InChI is InChI=1S/C17H16N2O6/c20-17(7-1-8(18(21)22)3-9(2-7)19(23)24)25-16-14-5-12(14)10-4-11(10)13-6-15(13)16/h1-3,10-16H,4-6H2/i5D2/t10?,11?,12?,13?,14?,15?,16-/m0/s1. The maximum absolute atomic E-state index is 12.6. The van der Waals surface area contributed by atoms with Gasteiger partial charge in [-0.2, -0.15) is 0 Å². The van der Waals surface area contributed by atoms with Crippen molar-refractivity contribution in [2.45, 2.75) is 25.3 Å². The lowest BCUT2D eigenvalue weighted by atomic mass is 10.1. The molecule has 0 aliphatic heterocycles. The lowest BCUT2D eigenvalue weighted by molar-refractivity contribution is -0.394. The third-order valence-corrected chi connectivity index (χ3v) is 6.04. The van der Waals surface area contributed by atoms with Crippen LogP contribution in [0.3, 0.4) is 0 Å². The summed E-state index contributed by atoms with van der Waals surface area (Å²) in [5.41, 5.74) is -1.36. The van der Waals surface area contributed by atoms with Crippen molar-refractivity contribution in [3.63, 3.8) is 0 Å². The SMILES string of the molecule is [2H]C1([2H])C2C3CC3C3CC3[C@@H](OC(=O)c3cc([N+](=O)[O-])cc([N+](=O)[O-])c3)C21. The Balaban J connectivity index is 1.42. The lowest BCUT2D eigenvalue weighted by Gasteiger charge is -2.17. The van der Waals surface area contributed by atoms with Gasteiger partial charge in [-0.3, -0.25) is 20.2 Å². The molecule has 4 aliphatic rings. The second-order valence-electron chi connectivity index (χ2n) is 7.47. The molecule has 0 saturated heterocycles. The van der Waals surface area contributed by atoms with Crippen molar-refractivity contribution >= 4 is 17.3 Å². The van der Waals surface area contributed by atoms with Crippen LogP contribution in [0.2, 0.25) is 0 Å². The summed E-state index contributed by atoms with van der Waals surface area (Å²) in [4.78, 5) is 33.0. The quantitative estimate of drug-likeness (QED) is 0.470. The molecule has 0 aromatic heterocycles. The molecule has 1 aromatic rings. The zero-order valence-corrected chi connectivity index (χ0v) is 13.0. The van der Waals surface area contributed by atoms with Gasteiger partial charge in [0.25, 0.3) is 11.4 Å². The van der Waals surface area contributed by atoms with E-state index < -0.39 is 39.7 Å². The average molecular weight is 346 g/mol. The van der Waals surface area contributed by atoms with Crippen LogP contribution in [-0.4, -0.2) is 21.9 Å². The third kappa shape index (κ3) is 2.31. The second-order valence-corrected chi connectivity index (χ2v) is 7.47. The summed E-state index contributed by atoms with van der Waals surface area (Å²) < 4.78 is 22.1. The summed E-state index contributed by atoms with van der Waals surface area (Å²) in [6.45, 7) is 0. The Bertz CT molecular complexity index is 873. The maximum atomic E-state index is 12.6. The zero-order chi connectivity index (χ0) is 19.2. The average Bonchev–Trinajstić information content (AvgIpc) is 3.46. The molecule has 0 amide bonds. The van der Waals surface area contributed by atoms with Gasteiger partial charge in [-0.05, 0) is 54.7 Å². The van der Waals surface area contributed by atoms with Gasteiger partial charge < -0.3 is 4.74 Å². The molecule has 4 aliphatic carbocycles. The fraction of sp³-hybridized carbons (Fsp3) is 0.588. The van der Waals surface area contributed by atoms with Gasteiger partial charge in [-0.15, -0.1) is 0 Å². The molecule has 0 radical (unpaired) electrons. The molecule has 4 fully saturated rings. The minimum Gasteiger partial charge on any atom is -0.458 e. The van der Waals surface area contributed by atoms with E-state index in [2.05, 4.69) is 0 Å². The number of carbonyl (C=O) groups is 1. The number of hydrogen-bond acceptors (Lipinski definition) is 6. The first kappa shape index (κ1) is 12.8. The van der Waals surface area contributed by atoms with E-state index >= 15 is 0 Å².